The van der Waals surface area contributed by atoms with Crippen molar-refractivity contribution in [2.24, 2.45) is 0 Å². The zero-order valence-corrected chi connectivity index (χ0v) is 35.4. The van der Waals surface area contributed by atoms with Crippen LogP contribution < -0.4 is 15.3 Å². The van der Waals surface area contributed by atoms with Gasteiger partial charge in [-0.3, -0.25) is 27.3 Å². The summed E-state index contributed by atoms with van der Waals surface area (Å²) in [5.74, 6) is 0. The van der Waals surface area contributed by atoms with E-state index in [0.717, 1.165) is 0 Å². The Morgan fingerprint density at radius 1 is 0.279 bits per heavy atom. The van der Waals surface area contributed by atoms with Crippen molar-refractivity contribution in [3.63, 3.8) is 0 Å². The molecule has 0 heterocycles. The second-order valence-corrected chi connectivity index (χ2v) is 17.1. The van der Waals surface area contributed by atoms with Gasteiger partial charge in [0.15, 0.2) is 0 Å². The minimum atomic E-state index is -5.84. The molecule has 0 atom stereocenters. The third kappa shape index (κ3) is 67.9. The molecule has 0 saturated carbocycles. The van der Waals surface area contributed by atoms with E-state index in [2.05, 4.69) is 0 Å². The molecule has 0 aromatic carbocycles. The summed E-state index contributed by atoms with van der Waals surface area (Å²) in [6, 6.07) is 0. The SMILES string of the molecule is CC(C)[O-].CC(C)[O-].CC(C)[O-].O=S(=O)(O)C(F)(F)F.O=S(=O)(O)C(F)(F)F.O=S(=O)(O)C(F)(F)F.O=S(=O)(O)C(F)(F)F.O=S(=O)(O)C(F)(F)F.O=S(=O)(O)C(F)(F)F.[Al+3]. The summed E-state index contributed by atoms with van der Waals surface area (Å²) in [5.41, 5.74) is -33.2. The van der Waals surface area contributed by atoms with E-state index in [1.54, 1.807) is 41.5 Å². The van der Waals surface area contributed by atoms with Crippen LogP contribution in [-0.4, -0.2) is 147 Å². The largest absolute Gasteiger partial charge is 3.00 e. The van der Waals surface area contributed by atoms with E-state index >= 15 is 0 Å². The van der Waals surface area contributed by atoms with Crippen LogP contribution >= 0.6 is 0 Å². The van der Waals surface area contributed by atoms with Crippen LogP contribution in [0.25, 0.3) is 0 Å². The zero-order valence-electron chi connectivity index (χ0n) is 29.4. The maximum atomic E-state index is 10.7. The molecule has 0 bridgehead atoms. The zero-order chi connectivity index (χ0) is 52.7. The molecule has 0 amide bonds. The van der Waals surface area contributed by atoms with Crippen LogP contribution in [0.2, 0.25) is 0 Å². The average molecular weight is 1100 g/mol. The second kappa shape index (κ2) is 30.7. The average Bonchev–Trinajstić information content (AvgIpc) is 2.77. The van der Waals surface area contributed by atoms with Crippen molar-refractivity contribution in [1.29, 1.82) is 0 Å². The quantitative estimate of drug-likeness (QED) is 0.0860. The monoisotopic (exact) mass is 1100 g/mol. The van der Waals surface area contributed by atoms with E-state index in [0.29, 0.717) is 0 Å². The van der Waals surface area contributed by atoms with Crippen molar-refractivity contribution in [3.05, 3.63) is 0 Å². The van der Waals surface area contributed by atoms with E-state index in [4.69, 9.17) is 77.8 Å². The second-order valence-electron chi connectivity index (χ2n) is 8.67. The summed E-state index contributed by atoms with van der Waals surface area (Å²) in [6.07, 6.45) is -1.25. The van der Waals surface area contributed by atoms with Crippen molar-refractivity contribution in [1.82, 2.24) is 0 Å². The summed E-state index contributed by atoms with van der Waals surface area (Å²) < 4.78 is 345. The van der Waals surface area contributed by atoms with Gasteiger partial charge in [-0.05, 0) is 0 Å². The first-order valence-electron chi connectivity index (χ1n) is 11.9. The predicted molar refractivity (Wildman–Crippen MR) is 157 cm³/mol. The molecule has 0 aliphatic rings. The number of hydrogen-bond donors (Lipinski definition) is 6. The van der Waals surface area contributed by atoms with Crippen LogP contribution in [0.1, 0.15) is 41.5 Å². The molecule has 21 nitrogen and oxygen atoms in total. The van der Waals surface area contributed by atoms with Gasteiger partial charge in [0.2, 0.25) is 0 Å². The Balaban J connectivity index is -0.0000000606. The van der Waals surface area contributed by atoms with E-state index in [-0.39, 0.29) is 17.4 Å². The number of halogens is 18. The minimum Gasteiger partial charge on any atom is -0.852 e. The van der Waals surface area contributed by atoms with E-state index in [1.807, 2.05) is 0 Å². The fourth-order valence-corrected chi connectivity index (χ4v) is 0. The summed E-state index contributed by atoms with van der Waals surface area (Å²) in [4.78, 5) is 0. The molecular weight excluding hydrogens is 1080 g/mol. The Labute approximate surface area is 342 Å². The van der Waals surface area contributed by atoms with Crippen LogP contribution in [0.5, 0.6) is 0 Å². The molecule has 0 aromatic heterocycles. The van der Waals surface area contributed by atoms with Crippen LogP contribution in [0, 0.1) is 0 Å². The van der Waals surface area contributed by atoms with Gasteiger partial charge in [0.1, 0.15) is 0 Å². The smallest absolute Gasteiger partial charge is 0.852 e. The molecular formula is C15H27AlF18O21S6. The maximum absolute atomic E-state index is 10.7. The molecule has 0 aromatic rings. The third-order valence-corrected chi connectivity index (χ3v) is 5.26. The first-order chi connectivity index (χ1) is 24.7. The molecule has 46 heteroatoms. The molecule has 0 saturated heterocycles. The third-order valence-electron chi connectivity index (χ3n) is 1.75. The first kappa shape index (κ1) is 83.2. The van der Waals surface area contributed by atoms with E-state index < -0.39 is 112 Å². The maximum Gasteiger partial charge on any atom is 3.00 e. The fourth-order valence-electron chi connectivity index (χ4n) is 0. The predicted octanol–water partition coefficient (Wildman–Crippen LogP) is 1.25. The molecule has 0 fully saturated rings. The normalized spacial score (nSPS) is 12.8. The van der Waals surface area contributed by atoms with Gasteiger partial charge in [-0.15, -0.1) is 18.3 Å². The number of rotatable bonds is 0. The number of alkyl halides is 18. The van der Waals surface area contributed by atoms with Crippen molar-refractivity contribution in [2.75, 3.05) is 0 Å². The Morgan fingerprint density at radius 2 is 0.295 bits per heavy atom. The first-order valence-corrected chi connectivity index (χ1v) is 20.5. The van der Waals surface area contributed by atoms with E-state index in [9.17, 15) is 94.3 Å². The van der Waals surface area contributed by atoms with Gasteiger partial charge < -0.3 is 15.3 Å². The molecule has 378 valence electrons. The van der Waals surface area contributed by atoms with Crippen molar-refractivity contribution < 1.29 is 172 Å². The summed E-state index contributed by atoms with van der Waals surface area (Å²) in [5, 5.41) is 28.6. The molecule has 0 unspecified atom stereocenters. The van der Waals surface area contributed by atoms with Crippen molar-refractivity contribution in [3.8, 4) is 0 Å². The van der Waals surface area contributed by atoms with Gasteiger partial charge in [0.05, 0.1) is 0 Å². The van der Waals surface area contributed by atoms with Gasteiger partial charge in [0, 0.05) is 0 Å². The van der Waals surface area contributed by atoms with Crippen LogP contribution in [-0.2, 0) is 60.7 Å². The van der Waals surface area contributed by atoms with Gasteiger partial charge >= 0.3 is 111 Å². The van der Waals surface area contributed by atoms with Crippen LogP contribution in [0.3, 0.4) is 0 Å². The molecule has 0 aliphatic heterocycles. The fraction of sp³-hybridized carbons (Fsp3) is 1.00. The summed E-state index contributed by atoms with van der Waals surface area (Å²) in [6.45, 7) is 9.67. The van der Waals surface area contributed by atoms with Crippen molar-refractivity contribution in [2.45, 2.75) is 92.9 Å². The molecule has 0 aliphatic carbocycles. The van der Waals surface area contributed by atoms with Gasteiger partial charge in [-0.2, -0.15) is 130 Å². The van der Waals surface area contributed by atoms with Gasteiger partial charge in [-0.25, -0.2) is 0 Å². The molecule has 6 N–H and O–H groups in total. The van der Waals surface area contributed by atoms with Gasteiger partial charge in [0.25, 0.3) is 0 Å². The molecule has 0 spiro atoms. The molecule has 0 rings (SSSR count). The van der Waals surface area contributed by atoms with Crippen LogP contribution in [0.15, 0.2) is 0 Å². The Hall–Kier alpha value is -1.39. The molecule has 0 radical (unpaired) electrons. The Kier molecular flexibility index (Phi) is 41.9. The molecule has 61 heavy (non-hydrogen) atoms. The van der Waals surface area contributed by atoms with Crippen molar-refractivity contribution >= 4 is 78.1 Å². The Bertz CT molecular complexity index is 1460. The summed E-state index contributed by atoms with van der Waals surface area (Å²) in [7, 11) is -35.0. The number of hydrogen-bond acceptors (Lipinski definition) is 15. The topological polar surface area (TPSA) is 395 Å². The standard InChI is InChI=1S/3C3H7O.6CHF3O3S.Al/c3*1-3(2)4;6*2-1(3,4)8(5,6)7;/h3*3H,1-2H3;6*(H,5,6,7);/q3*-1;;;;;;;+3. The summed E-state index contributed by atoms with van der Waals surface area (Å²) >= 11 is 0. The Morgan fingerprint density at radius 3 is 0.295 bits per heavy atom. The van der Waals surface area contributed by atoms with E-state index in [1.165, 1.54) is 0 Å². The van der Waals surface area contributed by atoms with Gasteiger partial charge in [-0.1, -0.05) is 41.5 Å². The van der Waals surface area contributed by atoms with Crippen LogP contribution in [0.4, 0.5) is 79.0 Å². The minimum absolute atomic E-state index is 0.